The summed E-state index contributed by atoms with van der Waals surface area (Å²) in [5.74, 6) is -0.289. The summed E-state index contributed by atoms with van der Waals surface area (Å²) in [5, 5.41) is 3.40. The topological polar surface area (TPSA) is 21.3 Å². The summed E-state index contributed by atoms with van der Waals surface area (Å²) in [4.78, 5) is 0. The Labute approximate surface area is 145 Å². The third-order valence-electron chi connectivity index (χ3n) is 3.92. The molecule has 0 spiro atoms. The van der Waals surface area contributed by atoms with E-state index in [-0.39, 0.29) is 11.8 Å². The Morgan fingerprint density at radius 2 is 1.83 bits per heavy atom. The van der Waals surface area contributed by atoms with Crippen molar-refractivity contribution in [1.29, 1.82) is 0 Å². The van der Waals surface area contributed by atoms with Gasteiger partial charge >= 0.3 is 12.5 Å². The van der Waals surface area contributed by atoms with Crippen molar-refractivity contribution in [3.63, 3.8) is 0 Å². The number of hydrogen-bond donors (Lipinski definition) is 1. The van der Waals surface area contributed by atoms with E-state index in [1.54, 1.807) is 12.1 Å². The predicted octanol–water partition coefficient (Wildman–Crippen LogP) is 5.79. The minimum absolute atomic E-state index is 0.0245. The molecule has 1 atom stereocenters. The molecule has 2 aromatic rings. The highest BCUT2D eigenvalue weighted by Gasteiger charge is 2.43. The smallest absolute Gasteiger partial charge is 0.428 e. The molecule has 0 saturated carbocycles. The molecule has 0 aromatic heterocycles. The van der Waals surface area contributed by atoms with Crippen LogP contribution in [-0.2, 0) is 6.42 Å². The van der Waals surface area contributed by atoms with Crippen LogP contribution in [0.15, 0.2) is 46.9 Å². The minimum Gasteiger partial charge on any atom is -0.428 e. The van der Waals surface area contributed by atoms with E-state index in [9.17, 15) is 17.6 Å². The van der Waals surface area contributed by atoms with E-state index in [1.165, 1.54) is 17.7 Å². The average Bonchev–Trinajstić information content (AvgIpc) is 2.55. The average molecular weight is 404 g/mol. The second kappa shape index (κ2) is 6.63. The Morgan fingerprint density at radius 1 is 1.12 bits per heavy atom. The molecule has 0 bridgehead atoms. The van der Waals surface area contributed by atoms with Gasteiger partial charge in [0.1, 0.15) is 5.75 Å². The Hall–Kier alpha value is -1.76. The summed E-state index contributed by atoms with van der Waals surface area (Å²) < 4.78 is 55.2. The predicted molar refractivity (Wildman–Crippen MR) is 86.8 cm³/mol. The molecule has 3 rings (SSSR count). The molecule has 2 nitrogen and oxygen atoms in total. The number of anilines is 1. The van der Waals surface area contributed by atoms with Crippen molar-refractivity contribution < 1.29 is 22.3 Å². The van der Waals surface area contributed by atoms with Gasteiger partial charge in [0.2, 0.25) is 0 Å². The van der Waals surface area contributed by atoms with E-state index in [4.69, 9.17) is 0 Å². The minimum atomic E-state index is -4.49. The van der Waals surface area contributed by atoms with Gasteiger partial charge in [-0.15, -0.1) is 0 Å². The number of ether oxygens (including phenoxy) is 1. The maximum Gasteiger partial charge on any atom is 0.461 e. The monoisotopic (exact) mass is 403 g/mol. The summed E-state index contributed by atoms with van der Waals surface area (Å²) in [5.41, 5.74) is 3.10. The van der Waals surface area contributed by atoms with E-state index in [1.807, 2.05) is 18.2 Å². The van der Waals surface area contributed by atoms with Crippen LogP contribution in [0.2, 0.25) is 0 Å². The zero-order chi connectivity index (χ0) is 17.3. The highest BCUT2D eigenvalue weighted by Crippen LogP contribution is 2.37. The van der Waals surface area contributed by atoms with Crippen LogP contribution >= 0.6 is 15.9 Å². The summed E-state index contributed by atoms with van der Waals surface area (Å²) >= 11 is 3.52. The normalized spacial score (nSPS) is 17.3. The maximum atomic E-state index is 12.9. The molecule has 1 unspecified atom stereocenters. The van der Waals surface area contributed by atoms with Gasteiger partial charge in [-0.2, -0.15) is 17.6 Å². The lowest BCUT2D eigenvalue weighted by Crippen LogP contribution is -2.33. The largest absolute Gasteiger partial charge is 0.461 e. The van der Waals surface area contributed by atoms with Crippen molar-refractivity contribution in [3.05, 3.63) is 58.1 Å². The molecule has 0 fully saturated rings. The van der Waals surface area contributed by atoms with Crippen LogP contribution in [0.3, 0.4) is 0 Å². The lowest BCUT2D eigenvalue weighted by atomic mass is 9.93. The molecule has 1 N–H and O–H groups in total. The van der Waals surface area contributed by atoms with E-state index < -0.39 is 12.5 Å². The first-order valence-corrected chi connectivity index (χ1v) is 8.15. The van der Waals surface area contributed by atoms with Gasteiger partial charge in [-0.05, 0) is 48.2 Å². The summed E-state index contributed by atoms with van der Waals surface area (Å²) in [6.07, 6.45) is -6.65. The summed E-state index contributed by atoms with van der Waals surface area (Å²) in [6.45, 7) is 0. The fraction of sp³-hybridized carbons (Fsp3) is 0.294. The molecule has 24 heavy (non-hydrogen) atoms. The molecule has 0 saturated heterocycles. The standard InChI is InChI=1S/C17H14BrF4NO/c18-13-2-1-3-15-12(13)8-9-14(23-15)10-4-6-11(7-5-10)24-17(21,22)16(19)20/h1-7,14,16,23H,8-9H2. The van der Waals surface area contributed by atoms with Crippen molar-refractivity contribution in [2.75, 3.05) is 5.32 Å². The van der Waals surface area contributed by atoms with E-state index in [0.717, 1.165) is 28.6 Å². The van der Waals surface area contributed by atoms with Crippen LogP contribution in [0.4, 0.5) is 23.2 Å². The lowest BCUT2D eigenvalue weighted by molar-refractivity contribution is -0.253. The number of halogens is 5. The van der Waals surface area contributed by atoms with Crippen LogP contribution in [-0.4, -0.2) is 12.5 Å². The Kier molecular flexibility index (Phi) is 4.71. The Balaban J connectivity index is 1.73. The number of fused-ring (bicyclic) bond motifs is 1. The van der Waals surface area contributed by atoms with Gasteiger partial charge in [0.15, 0.2) is 0 Å². The molecule has 1 heterocycles. The second-order valence-electron chi connectivity index (χ2n) is 5.54. The van der Waals surface area contributed by atoms with E-state index >= 15 is 0 Å². The first-order valence-electron chi connectivity index (χ1n) is 7.35. The molecule has 1 aliphatic heterocycles. The van der Waals surface area contributed by atoms with E-state index in [0.29, 0.717) is 0 Å². The lowest BCUT2D eigenvalue weighted by Gasteiger charge is -2.28. The van der Waals surface area contributed by atoms with Crippen molar-refractivity contribution in [2.45, 2.75) is 31.4 Å². The van der Waals surface area contributed by atoms with Crippen LogP contribution in [0.1, 0.15) is 23.6 Å². The van der Waals surface area contributed by atoms with Crippen LogP contribution in [0, 0.1) is 0 Å². The molecule has 2 aromatic carbocycles. The van der Waals surface area contributed by atoms with Gasteiger partial charge in [0, 0.05) is 10.2 Å². The van der Waals surface area contributed by atoms with E-state index in [2.05, 4.69) is 26.0 Å². The van der Waals surface area contributed by atoms with Crippen molar-refractivity contribution in [2.24, 2.45) is 0 Å². The van der Waals surface area contributed by atoms with Crippen molar-refractivity contribution >= 4 is 21.6 Å². The quantitative estimate of drug-likeness (QED) is 0.652. The molecule has 7 heteroatoms. The van der Waals surface area contributed by atoms with Gasteiger partial charge in [0.25, 0.3) is 0 Å². The van der Waals surface area contributed by atoms with Gasteiger partial charge in [-0.1, -0.05) is 34.1 Å². The van der Waals surface area contributed by atoms with Crippen LogP contribution < -0.4 is 10.1 Å². The van der Waals surface area contributed by atoms with Crippen molar-refractivity contribution in [3.8, 4) is 5.75 Å². The summed E-state index contributed by atoms with van der Waals surface area (Å²) in [6, 6.07) is 11.7. The number of nitrogens with one attached hydrogen (secondary N) is 1. The third-order valence-corrected chi connectivity index (χ3v) is 4.66. The molecular weight excluding hydrogens is 390 g/mol. The Bertz CT molecular complexity index is 721. The highest BCUT2D eigenvalue weighted by molar-refractivity contribution is 9.10. The van der Waals surface area contributed by atoms with Gasteiger partial charge in [0.05, 0.1) is 6.04 Å². The zero-order valence-electron chi connectivity index (χ0n) is 12.4. The molecule has 128 valence electrons. The van der Waals surface area contributed by atoms with Crippen LogP contribution in [0.25, 0.3) is 0 Å². The molecule has 0 amide bonds. The Morgan fingerprint density at radius 3 is 2.50 bits per heavy atom. The van der Waals surface area contributed by atoms with Crippen molar-refractivity contribution in [1.82, 2.24) is 0 Å². The fourth-order valence-corrected chi connectivity index (χ4v) is 3.28. The van der Waals surface area contributed by atoms with Gasteiger partial charge in [-0.25, -0.2) is 0 Å². The molecular formula is C17H14BrF4NO. The van der Waals surface area contributed by atoms with Crippen LogP contribution in [0.5, 0.6) is 5.75 Å². The molecule has 1 aliphatic rings. The SMILES string of the molecule is FC(F)C(F)(F)Oc1ccc(C2CCc3c(Br)cccc3N2)cc1. The number of rotatable bonds is 4. The van der Waals surface area contributed by atoms with Gasteiger partial charge < -0.3 is 10.1 Å². The second-order valence-corrected chi connectivity index (χ2v) is 6.39. The number of benzene rings is 2. The zero-order valence-corrected chi connectivity index (χ0v) is 14.0. The highest BCUT2D eigenvalue weighted by atomic mass is 79.9. The fourth-order valence-electron chi connectivity index (χ4n) is 2.72. The first kappa shape index (κ1) is 17.1. The number of hydrogen-bond acceptors (Lipinski definition) is 2. The molecule has 0 radical (unpaired) electrons. The maximum absolute atomic E-state index is 12.9. The molecule has 0 aliphatic carbocycles. The third kappa shape index (κ3) is 3.50. The summed E-state index contributed by atoms with van der Waals surface area (Å²) in [7, 11) is 0. The van der Waals surface area contributed by atoms with Gasteiger partial charge in [-0.3, -0.25) is 0 Å². The first-order chi connectivity index (χ1) is 11.4. The number of alkyl halides is 4.